The first kappa shape index (κ1) is 11.0. The summed E-state index contributed by atoms with van der Waals surface area (Å²) in [4.78, 5) is 4.30. The molecule has 2 aromatic heterocycles. The summed E-state index contributed by atoms with van der Waals surface area (Å²) in [5.74, 6) is 2.87. The Morgan fingerprint density at radius 3 is 2.94 bits per heavy atom. The van der Waals surface area contributed by atoms with Crippen molar-refractivity contribution >= 4 is 0 Å². The van der Waals surface area contributed by atoms with E-state index in [9.17, 15) is 0 Å². The summed E-state index contributed by atoms with van der Waals surface area (Å²) in [5.41, 5.74) is 6.72. The Morgan fingerprint density at radius 1 is 1.50 bits per heavy atom. The Morgan fingerprint density at radius 2 is 2.31 bits per heavy atom. The van der Waals surface area contributed by atoms with Crippen LogP contribution in [0.25, 0.3) is 0 Å². The van der Waals surface area contributed by atoms with E-state index in [4.69, 9.17) is 10.2 Å². The third-order valence-corrected chi connectivity index (χ3v) is 2.73. The minimum Gasteiger partial charge on any atom is -0.465 e. The van der Waals surface area contributed by atoms with E-state index in [-0.39, 0.29) is 0 Å². The van der Waals surface area contributed by atoms with Crippen molar-refractivity contribution in [2.45, 2.75) is 33.4 Å². The van der Waals surface area contributed by atoms with Crippen molar-refractivity contribution in [3.05, 3.63) is 41.4 Å². The van der Waals surface area contributed by atoms with Gasteiger partial charge in [0.2, 0.25) is 0 Å². The zero-order valence-corrected chi connectivity index (χ0v) is 9.73. The number of rotatable bonds is 4. The van der Waals surface area contributed by atoms with Crippen molar-refractivity contribution in [3.63, 3.8) is 0 Å². The van der Waals surface area contributed by atoms with Gasteiger partial charge in [-0.25, -0.2) is 4.98 Å². The topological polar surface area (TPSA) is 57.0 Å². The van der Waals surface area contributed by atoms with Crippen LogP contribution in [-0.2, 0) is 19.5 Å². The van der Waals surface area contributed by atoms with Gasteiger partial charge in [-0.15, -0.1) is 0 Å². The van der Waals surface area contributed by atoms with Gasteiger partial charge in [-0.1, -0.05) is 6.92 Å². The fourth-order valence-corrected chi connectivity index (χ4v) is 1.83. The number of furan rings is 1. The molecule has 2 N–H and O–H groups in total. The molecule has 0 unspecified atom stereocenters. The summed E-state index contributed by atoms with van der Waals surface area (Å²) >= 11 is 0. The van der Waals surface area contributed by atoms with Gasteiger partial charge in [0.15, 0.2) is 0 Å². The second-order valence-corrected chi connectivity index (χ2v) is 3.82. The number of hydrogen-bond acceptors (Lipinski definition) is 3. The molecule has 0 bridgehead atoms. The summed E-state index contributed by atoms with van der Waals surface area (Å²) in [6.07, 6.45) is 4.76. The largest absolute Gasteiger partial charge is 0.465 e. The smallest absolute Gasteiger partial charge is 0.118 e. The zero-order chi connectivity index (χ0) is 11.5. The highest BCUT2D eigenvalue weighted by atomic mass is 16.3. The van der Waals surface area contributed by atoms with Crippen LogP contribution in [0.3, 0.4) is 0 Å². The third kappa shape index (κ3) is 2.02. The maximum atomic E-state index is 5.55. The van der Waals surface area contributed by atoms with Crippen LogP contribution in [-0.4, -0.2) is 9.55 Å². The molecule has 0 aliphatic rings. The molecule has 2 heterocycles. The van der Waals surface area contributed by atoms with Gasteiger partial charge in [-0.05, 0) is 13.0 Å². The highest BCUT2D eigenvalue weighted by molar-refractivity contribution is 5.21. The normalized spacial score (nSPS) is 10.9. The van der Waals surface area contributed by atoms with Gasteiger partial charge in [0.25, 0.3) is 0 Å². The van der Waals surface area contributed by atoms with E-state index < -0.39 is 0 Å². The lowest BCUT2D eigenvalue weighted by Crippen LogP contribution is -2.03. The van der Waals surface area contributed by atoms with Crippen molar-refractivity contribution in [2.75, 3.05) is 0 Å². The molecule has 0 aromatic carbocycles. The summed E-state index contributed by atoms with van der Waals surface area (Å²) in [6.45, 7) is 5.33. The number of nitrogens with two attached hydrogens (primary N) is 1. The first-order valence-electron chi connectivity index (χ1n) is 5.52. The van der Waals surface area contributed by atoms with Gasteiger partial charge in [-0.2, -0.15) is 0 Å². The lowest BCUT2D eigenvalue weighted by Gasteiger charge is -2.04. The van der Waals surface area contributed by atoms with E-state index in [1.807, 2.05) is 25.4 Å². The quantitative estimate of drug-likeness (QED) is 0.853. The number of nitrogens with zero attached hydrogens (tertiary/aromatic N) is 2. The molecular weight excluding hydrogens is 202 g/mol. The molecule has 4 nitrogen and oxygen atoms in total. The molecule has 0 saturated carbocycles. The maximum Gasteiger partial charge on any atom is 0.118 e. The molecule has 0 fully saturated rings. The molecule has 0 aliphatic heterocycles. The monoisotopic (exact) mass is 219 g/mol. The molecule has 0 atom stereocenters. The average Bonchev–Trinajstić information content (AvgIpc) is 2.86. The van der Waals surface area contributed by atoms with Crippen molar-refractivity contribution in [2.24, 2.45) is 5.73 Å². The number of aryl methyl sites for hydroxylation is 2. The van der Waals surface area contributed by atoms with E-state index in [2.05, 4.69) is 16.5 Å². The molecule has 0 amide bonds. The maximum absolute atomic E-state index is 5.55. The predicted octanol–water partition coefficient (Wildman–Crippen LogP) is 1.85. The molecule has 0 radical (unpaired) electrons. The van der Waals surface area contributed by atoms with Crippen molar-refractivity contribution in [3.8, 4) is 0 Å². The summed E-state index contributed by atoms with van der Waals surface area (Å²) in [7, 11) is 0. The summed E-state index contributed by atoms with van der Waals surface area (Å²) < 4.78 is 7.66. The van der Waals surface area contributed by atoms with Gasteiger partial charge >= 0.3 is 0 Å². The fourth-order valence-electron chi connectivity index (χ4n) is 1.83. The molecule has 2 aromatic rings. The summed E-state index contributed by atoms with van der Waals surface area (Å²) in [5, 5.41) is 0. The molecule has 4 heteroatoms. The van der Waals surface area contributed by atoms with Crippen LogP contribution in [0.4, 0.5) is 0 Å². The van der Waals surface area contributed by atoms with Crippen LogP contribution in [0.5, 0.6) is 0 Å². The Bertz CT molecular complexity index is 470. The Balaban J connectivity index is 2.23. The van der Waals surface area contributed by atoms with Gasteiger partial charge in [0.1, 0.15) is 17.3 Å². The SMILES string of the molecule is CCc1nccn1Cc1cc(CN)oc1C. The highest BCUT2D eigenvalue weighted by Crippen LogP contribution is 2.16. The predicted molar refractivity (Wildman–Crippen MR) is 62.0 cm³/mol. The van der Waals surface area contributed by atoms with Crippen molar-refractivity contribution < 1.29 is 4.42 Å². The fraction of sp³-hybridized carbons (Fsp3) is 0.417. The van der Waals surface area contributed by atoms with Gasteiger partial charge in [0, 0.05) is 24.4 Å². The molecule has 0 aliphatic carbocycles. The lowest BCUT2D eigenvalue weighted by molar-refractivity contribution is 0.481. The van der Waals surface area contributed by atoms with Crippen LogP contribution >= 0.6 is 0 Å². The Labute approximate surface area is 95.1 Å². The van der Waals surface area contributed by atoms with E-state index in [1.54, 1.807) is 0 Å². The second-order valence-electron chi connectivity index (χ2n) is 3.82. The summed E-state index contributed by atoms with van der Waals surface area (Å²) in [6, 6.07) is 2.02. The van der Waals surface area contributed by atoms with Crippen LogP contribution in [0, 0.1) is 6.92 Å². The van der Waals surface area contributed by atoms with Crippen LogP contribution < -0.4 is 5.73 Å². The molecule has 2 rings (SSSR count). The van der Waals surface area contributed by atoms with Crippen LogP contribution in [0.2, 0.25) is 0 Å². The van der Waals surface area contributed by atoms with E-state index >= 15 is 0 Å². The molecule has 86 valence electrons. The molecule has 16 heavy (non-hydrogen) atoms. The van der Waals surface area contributed by atoms with E-state index in [0.29, 0.717) is 6.54 Å². The minimum absolute atomic E-state index is 0.450. The van der Waals surface area contributed by atoms with Crippen LogP contribution in [0.15, 0.2) is 22.9 Å². The molecule has 0 spiro atoms. The van der Waals surface area contributed by atoms with E-state index in [1.165, 1.54) is 5.56 Å². The van der Waals surface area contributed by atoms with Gasteiger partial charge in [-0.3, -0.25) is 0 Å². The standard InChI is InChI=1S/C12H17N3O/c1-3-12-14-4-5-15(12)8-10-6-11(7-13)16-9(10)2/h4-6H,3,7-8,13H2,1-2H3. The Hall–Kier alpha value is -1.55. The molecular formula is C12H17N3O. The van der Waals surface area contributed by atoms with Crippen LogP contribution in [0.1, 0.15) is 29.8 Å². The van der Waals surface area contributed by atoms with Crippen molar-refractivity contribution in [1.82, 2.24) is 9.55 Å². The van der Waals surface area contributed by atoms with Gasteiger partial charge in [0.05, 0.1) is 13.1 Å². The number of aromatic nitrogens is 2. The second kappa shape index (κ2) is 4.53. The molecule has 0 saturated heterocycles. The minimum atomic E-state index is 0.450. The highest BCUT2D eigenvalue weighted by Gasteiger charge is 2.08. The number of hydrogen-bond donors (Lipinski definition) is 1. The zero-order valence-electron chi connectivity index (χ0n) is 9.73. The average molecular weight is 219 g/mol. The first-order valence-corrected chi connectivity index (χ1v) is 5.52. The first-order chi connectivity index (χ1) is 7.74. The third-order valence-electron chi connectivity index (χ3n) is 2.73. The van der Waals surface area contributed by atoms with Crippen molar-refractivity contribution in [1.29, 1.82) is 0 Å². The number of imidazole rings is 1. The van der Waals surface area contributed by atoms with E-state index in [0.717, 1.165) is 30.3 Å². The lowest BCUT2D eigenvalue weighted by atomic mass is 10.2. The van der Waals surface area contributed by atoms with Gasteiger partial charge < -0.3 is 14.7 Å². The Kier molecular flexibility index (Phi) is 3.10.